The maximum Gasteiger partial charge on any atom is 0.158 e. The summed E-state index contributed by atoms with van der Waals surface area (Å²) in [4.78, 5) is 17.7. The van der Waals surface area contributed by atoms with Gasteiger partial charge in [0.2, 0.25) is 0 Å². The summed E-state index contributed by atoms with van der Waals surface area (Å²) in [5.74, 6) is 2.35. The van der Waals surface area contributed by atoms with Crippen molar-refractivity contribution in [3.8, 4) is 0 Å². The standard InChI is InChI=1S/C41H61NO/c1-11-23-42-32(6)29(3)24-34-16-13-17-35(20-19-34)25-31(5)39(43)18-14-15-33(12-2)27-36-28-38-37(26-30(36)4)40(7,8)21-22-41(38,9)10/h11-12,14-15,18,23,26,28-29,31-32,34-35H,1-2,13,16-17,19-22,24-25,27H2,3-10H3/b18-14+,33-15+,42-23?. The molecule has 2 nitrogen and oxygen atoms in total. The molecule has 2 heteroatoms. The van der Waals surface area contributed by atoms with Gasteiger partial charge in [-0.1, -0.05) is 123 Å². The fraction of sp³-hybridized carbons (Fsp3) is 0.610. The molecule has 0 amide bonds. The van der Waals surface area contributed by atoms with Crippen molar-refractivity contribution in [2.75, 3.05) is 0 Å². The van der Waals surface area contributed by atoms with Gasteiger partial charge in [-0.3, -0.25) is 9.79 Å². The number of carbonyl (C=O) groups is 1. The van der Waals surface area contributed by atoms with Crippen LogP contribution in [0.4, 0.5) is 0 Å². The molecule has 0 aliphatic heterocycles. The molecule has 1 aromatic rings. The molecule has 0 N–H and O–H groups in total. The van der Waals surface area contributed by atoms with Crippen LogP contribution in [0.1, 0.15) is 129 Å². The van der Waals surface area contributed by atoms with E-state index in [1.807, 2.05) is 18.4 Å². The Balaban J connectivity index is 1.56. The highest BCUT2D eigenvalue weighted by Gasteiger charge is 2.37. The van der Waals surface area contributed by atoms with Gasteiger partial charge in [0.15, 0.2) is 5.78 Å². The molecule has 3 rings (SSSR count). The van der Waals surface area contributed by atoms with Crippen LogP contribution in [0.15, 0.2) is 66.2 Å². The largest absolute Gasteiger partial charge is 0.295 e. The number of hydrogen-bond acceptors (Lipinski definition) is 2. The summed E-state index contributed by atoms with van der Waals surface area (Å²) in [6.45, 7) is 26.3. The van der Waals surface area contributed by atoms with Gasteiger partial charge in [0.05, 0.1) is 0 Å². The second-order valence-corrected chi connectivity index (χ2v) is 15.3. The minimum atomic E-state index is 0.0686. The van der Waals surface area contributed by atoms with Gasteiger partial charge in [-0.2, -0.15) is 0 Å². The van der Waals surface area contributed by atoms with Crippen molar-refractivity contribution in [1.29, 1.82) is 0 Å². The first-order valence-corrected chi connectivity index (χ1v) is 17.1. The average Bonchev–Trinajstić information content (AvgIpc) is 3.18. The highest BCUT2D eigenvalue weighted by atomic mass is 16.1. The Hall–Kier alpha value is -2.48. The van der Waals surface area contributed by atoms with E-state index in [1.165, 1.54) is 73.6 Å². The highest BCUT2D eigenvalue weighted by molar-refractivity contribution is 5.91. The van der Waals surface area contributed by atoms with Gasteiger partial charge in [0.1, 0.15) is 0 Å². The molecule has 2 aliphatic carbocycles. The lowest BCUT2D eigenvalue weighted by Crippen LogP contribution is -2.34. The summed E-state index contributed by atoms with van der Waals surface area (Å²) in [5.41, 5.74) is 7.30. The van der Waals surface area contributed by atoms with Crippen LogP contribution in [0.25, 0.3) is 0 Å². The maximum absolute atomic E-state index is 13.1. The number of benzene rings is 1. The highest BCUT2D eigenvalue weighted by Crippen LogP contribution is 2.46. The third-order valence-electron chi connectivity index (χ3n) is 10.9. The van der Waals surface area contributed by atoms with Crippen molar-refractivity contribution in [1.82, 2.24) is 0 Å². The van der Waals surface area contributed by atoms with Crippen LogP contribution in [0.3, 0.4) is 0 Å². The normalized spacial score (nSPS) is 24.2. The lowest BCUT2D eigenvalue weighted by molar-refractivity contribution is -0.118. The summed E-state index contributed by atoms with van der Waals surface area (Å²) >= 11 is 0. The summed E-state index contributed by atoms with van der Waals surface area (Å²) < 4.78 is 0. The molecule has 1 fully saturated rings. The molecule has 0 radical (unpaired) electrons. The van der Waals surface area contributed by atoms with Crippen LogP contribution in [-0.2, 0) is 22.0 Å². The van der Waals surface area contributed by atoms with Crippen LogP contribution >= 0.6 is 0 Å². The number of nitrogens with zero attached hydrogens (tertiary/aromatic N) is 1. The Labute approximate surface area is 264 Å². The molecule has 0 saturated heterocycles. The molecule has 0 bridgehead atoms. The molecule has 1 aromatic carbocycles. The van der Waals surface area contributed by atoms with Crippen molar-refractivity contribution in [3.63, 3.8) is 0 Å². The van der Waals surface area contributed by atoms with Crippen molar-refractivity contribution in [3.05, 3.63) is 83.5 Å². The molecule has 2 aliphatic rings. The number of aliphatic imine (C=N–C) groups is 1. The zero-order valence-electron chi connectivity index (χ0n) is 28.8. The Morgan fingerprint density at radius 1 is 0.953 bits per heavy atom. The second kappa shape index (κ2) is 15.5. The summed E-state index contributed by atoms with van der Waals surface area (Å²) in [6, 6.07) is 5.23. The number of fused-ring (bicyclic) bond motifs is 1. The van der Waals surface area contributed by atoms with Gasteiger partial charge in [0, 0.05) is 18.2 Å². The molecule has 0 heterocycles. The summed E-state index contributed by atoms with van der Waals surface area (Å²) in [6.07, 6.45) is 23.3. The Kier molecular flexibility index (Phi) is 12.6. The fourth-order valence-electron chi connectivity index (χ4n) is 7.42. The molecule has 0 aromatic heterocycles. The SMILES string of the molecule is C=CC=NC(C)C(C)CC1CCCC(CC(C)C(=O)/C=C/C=C(\C=C)Cc2cc3c(cc2C)C(C)(C)CCC3(C)C)CC1. The average molecular weight is 584 g/mol. The van der Waals surface area contributed by atoms with Gasteiger partial charge in [-0.25, -0.2) is 0 Å². The number of allylic oxidation sites excluding steroid dienone is 6. The lowest BCUT2D eigenvalue weighted by Gasteiger charge is -2.42. The third-order valence-corrected chi connectivity index (χ3v) is 10.9. The molecule has 43 heavy (non-hydrogen) atoms. The molecule has 0 spiro atoms. The molecule has 5 atom stereocenters. The van der Waals surface area contributed by atoms with Crippen molar-refractivity contribution < 1.29 is 4.79 Å². The number of carbonyl (C=O) groups excluding carboxylic acids is 1. The number of aryl methyl sites for hydroxylation is 1. The Morgan fingerprint density at radius 3 is 2.16 bits per heavy atom. The van der Waals surface area contributed by atoms with E-state index in [-0.39, 0.29) is 22.5 Å². The first-order chi connectivity index (χ1) is 20.3. The Morgan fingerprint density at radius 2 is 1.56 bits per heavy atom. The van der Waals surface area contributed by atoms with Crippen LogP contribution in [0.5, 0.6) is 0 Å². The fourth-order valence-corrected chi connectivity index (χ4v) is 7.42. The van der Waals surface area contributed by atoms with Gasteiger partial charge in [-0.05, 0) is 108 Å². The van der Waals surface area contributed by atoms with E-state index in [1.54, 1.807) is 12.2 Å². The maximum atomic E-state index is 13.1. The van der Waals surface area contributed by atoms with E-state index in [0.29, 0.717) is 17.9 Å². The van der Waals surface area contributed by atoms with E-state index in [0.717, 1.165) is 24.3 Å². The van der Waals surface area contributed by atoms with Crippen molar-refractivity contribution in [2.45, 2.75) is 136 Å². The number of hydrogen-bond donors (Lipinski definition) is 0. The van der Waals surface area contributed by atoms with Crippen LogP contribution < -0.4 is 0 Å². The van der Waals surface area contributed by atoms with E-state index in [2.05, 4.69) is 91.7 Å². The van der Waals surface area contributed by atoms with Gasteiger partial charge < -0.3 is 0 Å². The molecule has 236 valence electrons. The van der Waals surface area contributed by atoms with E-state index >= 15 is 0 Å². The first kappa shape index (κ1) is 35.0. The van der Waals surface area contributed by atoms with Crippen LogP contribution in [0.2, 0.25) is 0 Å². The first-order valence-electron chi connectivity index (χ1n) is 17.1. The van der Waals surface area contributed by atoms with E-state index in [4.69, 9.17) is 0 Å². The monoisotopic (exact) mass is 583 g/mol. The van der Waals surface area contributed by atoms with Crippen LogP contribution in [0, 0.1) is 30.6 Å². The predicted molar refractivity (Wildman–Crippen MR) is 188 cm³/mol. The minimum absolute atomic E-state index is 0.0686. The zero-order valence-corrected chi connectivity index (χ0v) is 28.8. The quantitative estimate of drug-likeness (QED) is 0.0983. The molecular formula is C41H61NO. The number of ketones is 1. The van der Waals surface area contributed by atoms with E-state index < -0.39 is 0 Å². The minimum Gasteiger partial charge on any atom is -0.295 e. The van der Waals surface area contributed by atoms with Crippen molar-refractivity contribution >= 4 is 12.0 Å². The molecule has 1 saturated carbocycles. The smallest absolute Gasteiger partial charge is 0.158 e. The third kappa shape index (κ3) is 9.75. The number of rotatable bonds is 13. The van der Waals surface area contributed by atoms with Crippen LogP contribution in [-0.4, -0.2) is 18.0 Å². The topological polar surface area (TPSA) is 29.4 Å². The second-order valence-electron chi connectivity index (χ2n) is 15.3. The molecule has 5 unspecified atom stereocenters. The molecular weight excluding hydrogens is 522 g/mol. The Bertz CT molecular complexity index is 1210. The zero-order chi connectivity index (χ0) is 31.8. The summed E-state index contributed by atoms with van der Waals surface area (Å²) in [7, 11) is 0. The lowest BCUT2D eigenvalue weighted by atomic mass is 9.62. The van der Waals surface area contributed by atoms with Gasteiger partial charge in [-0.15, -0.1) is 0 Å². The van der Waals surface area contributed by atoms with E-state index in [9.17, 15) is 4.79 Å². The summed E-state index contributed by atoms with van der Waals surface area (Å²) in [5, 5.41) is 0. The van der Waals surface area contributed by atoms with Crippen molar-refractivity contribution in [2.24, 2.45) is 28.7 Å². The van der Waals surface area contributed by atoms with Gasteiger partial charge >= 0.3 is 0 Å². The van der Waals surface area contributed by atoms with Gasteiger partial charge in [0.25, 0.3) is 0 Å². The predicted octanol–water partition coefficient (Wildman–Crippen LogP) is 11.0.